The average molecular weight is 192 g/mol. The number of hydrogen-bond donors (Lipinski definition) is 2. The van der Waals surface area contributed by atoms with Crippen molar-refractivity contribution in [1.29, 1.82) is 0 Å². The number of benzene rings is 1. The van der Waals surface area contributed by atoms with Crippen molar-refractivity contribution >= 4 is 17.8 Å². The standard InChI is InChI=1S/C10H8O4/c11-8-4-2-1-3-7(8)5-6-9(12)10(13)14/h1-6,11H,(H,13,14)/b6-5+. The summed E-state index contributed by atoms with van der Waals surface area (Å²) in [4.78, 5) is 20.8. The number of carbonyl (C=O) groups excluding carboxylic acids is 1. The molecule has 0 fully saturated rings. The quantitative estimate of drug-likeness (QED) is 0.554. The van der Waals surface area contributed by atoms with E-state index in [0.29, 0.717) is 5.56 Å². The van der Waals surface area contributed by atoms with E-state index in [1.54, 1.807) is 18.2 Å². The highest BCUT2D eigenvalue weighted by Crippen LogP contribution is 2.16. The van der Waals surface area contributed by atoms with Crippen molar-refractivity contribution in [3.63, 3.8) is 0 Å². The van der Waals surface area contributed by atoms with Gasteiger partial charge in [0.15, 0.2) is 0 Å². The number of aromatic hydroxyl groups is 1. The molecule has 1 aromatic rings. The topological polar surface area (TPSA) is 74.6 Å². The molecule has 0 radical (unpaired) electrons. The molecule has 0 bridgehead atoms. The van der Waals surface area contributed by atoms with Gasteiger partial charge in [0.25, 0.3) is 5.78 Å². The highest BCUT2D eigenvalue weighted by Gasteiger charge is 2.05. The first-order valence-electron chi connectivity index (χ1n) is 3.84. The van der Waals surface area contributed by atoms with Crippen molar-refractivity contribution in [3.8, 4) is 5.75 Å². The van der Waals surface area contributed by atoms with Crippen molar-refractivity contribution in [2.24, 2.45) is 0 Å². The summed E-state index contributed by atoms with van der Waals surface area (Å²) < 4.78 is 0. The zero-order valence-electron chi connectivity index (χ0n) is 7.18. The van der Waals surface area contributed by atoms with E-state index in [1.807, 2.05) is 0 Å². The molecule has 14 heavy (non-hydrogen) atoms. The molecule has 2 N–H and O–H groups in total. The lowest BCUT2D eigenvalue weighted by Gasteiger charge is -1.95. The first kappa shape index (κ1) is 9.98. The first-order valence-corrected chi connectivity index (χ1v) is 3.84. The lowest BCUT2D eigenvalue weighted by molar-refractivity contribution is -0.146. The second kappa shape index (κ2) is 4.23. The number of ketones is 1. The van der Waals surface area contributed by atoms with Crippen LogP contribution in [0.4, 0.5) is 0 Å². The third kappa shape index (κ3) is 2.45. The molecule has 0 spiro atoms. The molecule has 0 aliphatic carbocycles. The molecule has 4 nitrogen and oxygen atoms in total. The lowest BCUT2D eigenvalue weighted by Crippen LogP contribution is -2.08. The Morgan fingerprint density at radius 1 is 1.21 bits per heavy atom. The molecule has 1 aromatic carbocycles. The van der Waals surface area contributed by atoms with E-state index < -0.39 is 11.8 Å². The van der Waals surface area contributed by atoms with Crippen LogP contribution in [0, 0.1) is 0 Å². The third-order valence-corrected chi connectivity index (χ3v) is 1.56. The van der Waals surface area contributed by atoms with Crippen LogP contribution in [0.3, 0.4) is 0 Å². The number of phenols is 1. The van der Waals surface area contributed by atoms with Crippen LogP contribution in [-0.4, -0.2) is 22.0 Å². The van der Waals surface area contributed by atoms with E-state index in [4.69, 9.17) is 5.11 Å². The molecule has 4 heteroatoms. The summed E-state index contributed by atoms with van der Waals surface area (Å²) >= 11 is 0. The number of carboxylic acid groups (broad SMARTS) is 1. The normalized spacial score (nSPS) is 10.3. The van der Waals surface area contributed by atoms with Crippen LogP contribution in [0.2, 0.25) is 0 Å². The Kier molecular flexibility index (Phi) is 3.01. The van der Waals surface area contributed by atoms with Crippen LogP contribution < -0.4 is 0 Å². The van der Waals surface area contributed by atoms with Gasteiger partial charge in [-0.25, -0.2) is 4.79 Å². The van der Waals surface area contributed by atoms with Crippen molar-refractivity contribution < 1.29 is 19.8 Å². The zero-order chi connectivity index (χ0) is 10.6. The number of hydrogen-bond acceptors (Lipinski definition) is 3. The molecule has 0 aliphatic heterocycles. The molecule has 0 aromatic heterocycles. The summed E-state index contributed by atoms with van der Waals surface area (Å²) in [5.74, 6) is -2.54. The second-order valence-corrected chi connectivity index (χ2v) is 2.56. The SMILES string of the molecule is O=C(O)C(=O)/C=C/c1ccccc1O. The fourth-order valence-electron chi connectivity index (χ4n) is 0.865. The molecule has 72 valence electrons. The summed E-state index contributed by atoms with van der Waals surface area (Å²) in [7, 11) is 0. The van der Waals surface area contributed by atoms with Gasteiger partial charge in [-0.2, -0.15) is 0 Å². The van der Waals surface area contributed by atoms with E-state index in [1.165, 1.54) is 12.1 Å². The number of phenolic OH excluding ortho intramolecular Hbond substituents is 1. The van der Waals surface area contributed by atoms with Gasteiger partial charge in [-0.3, -0.25) is 4.79 Å². The summed E-state index contributed by atoms with van der Waals surface area (Å²) in [6.45, 7) is 0. The highest BCUT2D eigenvalue weighted by molar-refractivity contribution is 6.38. The predicted octanol–water partition coefficient (Wildman–Crippen LogP) is 1.06. The summed E-state index contributed by atoms with van der Waals surface area (Å²) in [5.41, 5.74) is 0.405. The van der Waals surface area contributed by atoms with Crippen LogP contribution in [0.15, 0.2) is 30.3 Å². The van der Waals surface area contributed by atoms with Gasteiger partial charge in [-0.05, 0) is 18.2 Å². The van der Waals surface area contributed by atoms with Crippen molar-refractivity contribution in [2.75, 3.05) is 0 Å². The molecule has 0 aliphatic rings. The lowest BCUT2D eigenvalue weighted by atomic mass is 10.2. The molecule has 0 amide bonds. The number of carboxylic acids is 1. The van der Waals surface area contributed by atoms with Gasteiger partial charge in [0, 0.05) is 5.56 Å². The zero-order valence-corrected chi connectivity index (χ0v) is 7.18. The van der Waals surface area contributed by atoms with E-state index in [0.717, 1.165) is 6.08 Å². The molecule has 1 rings (SSSR count). The van der Waals surface area contributed by atoms with E-state index in [-0.39, 0.29) is 5.75 Å². The van der Waals surface area contributed by atoms with Crippen LogP contribution in [0.25, 0.3) is 6.08 Å². The Bertz CT molecular complexity index is 393. The number of rotatable bonds is 3. The molecular formula is C10H8O4. The Balaban J connectivity index is 2.84. The van der Waals surface area contributed by atoms with Crippen LogP contribution in [0.5, 0.6) is 5.75 Å². The van der Waals surface area contributed by atoms with Gasteiger partial charge in [-0.15, -0.1) is 0 Å². The second-order valence-electron chi connectivity index (χ2n) is 2.56. The summed E-state index contributed by atoms with van der Waals surface area (Å²) in [5, 5.41) is 17.5. The number of carbonyl (C=O) groups is 2. The molecule has 0 saturated carbocycles. The summed E-state index contributed by atoms with van der Waals surface area (Å²) in [6.07, 6.45) is 2.16. The predicted molar refractivity (Wildman–Crippen MR) is 49.8 cm³/mol. The van der Waals surface area contributed by atoms with Gasteiger partial charge in [0.1, 0.15) is 5.75 Å². The number of para-hydroxylation sites is 1. The van der Waals surface area contributed by atoms with Crippen LogP contribution in [0.1, 0.15) is 5.56 Å². The molecule has 0 atom stereocenters. The average Bonchev–Trinajstić information content (AvgIpc) is 2.16. The van der Waals surface area contributed by atoms with E-state index in [2.05, 4.69) is 0 Å². The maximum Gasteiger partial charge on any atom is 0.376 e. The van der Waals surface area contributed by atoms with Crippen LogP contribution in [-0.2, 0) is 9.59 Å². The fourth-order valence-corrected chi connectivity index (χ4v) is 0.865. The maximum atomic E-state index is 10.7. The van der Waals surface area contributed by atoms with E-state index in [9.17, 15) is 14.7 Å². The van der Waals surface area contributed by atoms with Gasteiger partial charge in [0.2, 0.25) is 0 Å². The Morgan fingerprint density at radius 2 is 1.86 bits per heavy atom. The molecular weight excluding hydrogens is 184 g/mol. The minimum atomic E-state index is -1.52. The van der Waals surface area contributed by atoms with Gasteiger partial charge in [-0.1, -0.05) is 18.2 Å². The van der Waals surface area contributed by atoms with E-state index >= 15 is 0 Å². The maximum absolute atomic E-state index is 10.7. The Hall–Kier alpha value is -2.10. The van der Waals surface area contributed by atoms with Crippen molar-refractivity contribution in [1.82, 2.24) is 0 Å². The van der Waals surface area contributed by atoms with Gasteiger partial charge in [0.05, 0.1) is 0 Å². The van der Waals surface area contributed by atoms with Crippen LogP contribution >= 0.6 is 0 Å². The number of aliphatic carboxylic acids is 1. The molecule has 0 heterocycles. The van der Waals surface area contributed by atoms with Gasteiger partial charge >= 0.3 is 5.97 Å². The van der Waals surface area contributed by atoms with Gasteiger partial charge < -0.3 is 10.2 Å². The first-order chi connectivity index (χ1) is 6.61. The Morgan fingerprint density at radius 3 is 2.43 bits per heavy atom. The molecule has 0 unspecified atom stereocenters. The minimum absolute atomic E-state index is 0.00180. The third-order valence-electron chi connectivity index (χ3n) is 1.56. The monoisotopic (exact) mass is 192 g/mol. The molecule has 0 saturated heterocycles. The fraction of sp³-hybridized carbons (Fsp3) is 0. The largest absolute Gasteiger partial charge is 0.507 e. The summed E-state index contributed by atoms with van der Waals surface area (Å²) in [6, 6.07) is 6.32. The van der Waals surface area contributed by atoms with Crippen molar-refractivity contribution in [2.45, 2.75) is 0 Å². The minimum Gasteiger partial charge on any atom is -0.507 e. The smallest absolute Gasteiger partial charge is 0.376 e. The van der Waals surface area contributed by atoms with Crippen molar-refractivity contribution in [3.05, 3.63) is 35.9 Å². The highest BCUT2D eigenvalue weighted by atomic mass is 16.4. The Labute approximate surface area is 80.1 Å².